The molecule has 0 saturated heterocycles. The zero-order valence-corrected chi connectivity index (χ0v) is 21.1. The van der Waals surface area contributed by atoms with Crippen LogP contribution in [0.15, 0.2) is 24.3 Å². The van der Waals surface area contributed by atoms with E-state index in [0.29, 0.717) is 0 Å². The first kappa shape index (κ1) is 26.7. The summed E-state index contributed by atoms with van der Waals surface area (Å²) in [7, 11) is 0. The molecule has 0 aliphatic heterocycles. The van der Waals surface area contributed by atoms with Gasteiger partial charge >= 0.3 is 6.09 Å². The Hall–Kier alpha value is -2.57. The summed E-state index contributed by atoms with van der Waals surface area (Å²) < 4.78 is 5.25. The maximum Gasteiger partial charge on any atom is 0.408 e. The molecule has 7 nitrogen and oxygen atoms in total. The van der Waals surface area contributed by atoms with Crippen molar-refractivity contribution in [2.45, 2.75) is 104 Å². The molecule has 184 valence electrons. The van der Waals surface area contributed by atoms with Crippen LogP contribution in [0, 0.1) is 0 Å². The van der Waals surface area contributed by atoms with Crippen molar-refractivity contribution in [3.05, 3.63) is 35.4 Å². The molecule has 1 aliphatic rings. The molecule has 1 unspecified atom stereocenters. The second-order valence-electron chi connectivity index (χ2n) is 10.1. The molecule has 1 aliphatic carbocycles. The Labute approximate surface area is 198 Å². The van der Waals surface area contributed by atoms with Gasteiger partial charge < -0.3 is 20.3 Å². The van der Waals surface area contributed by atoms with Crippen molar-refractivity contribution in [1.29, 1.82) is 0 Å². The number of amides is 3. The van der Waals surface area contributed by atoms with E-state index in [1.54, 1.807) is 25.7 Å². The van der Waals surface area contributed by atoms with E-state index in [-0.39, 0.29) is 30.4 Å². The molecular formula is C26H41N3O4. The zero-order chi connectivity index (χ0) is 24.6. The van der Waals surface area contributed by atoms with Gasteiger partial charge in [0.15, 0.2) is 0 Å². The van der Waals surface area contributed by atoms with Gasteiger partial charge in [0.2, 0.25) is 11.8 Å². The Kier molecular flexibility index (Phi) is 9.74. The van der Waals surface area contributed by atoms with E-state index < -0.39 is 17.7 Å². The molecule has 0 bridgehead atoms. The number of benzene rings is 1. The Morgan fingerprint density at radius 1 is 1.06 bits per heavy atom. The Bertz CT molecular complexity index is 793. The molecule has 0 spiro atoms. The fraction of sp³-hybridized carbons (Fsp3) is 0.654. The van der Waals surface area contributed by atoms with Gasteiger partial charge in [-0.3, -0.25) is 9.59 Å². The van der Waals surface area contributed by atoms with Crippen molar-refractivity contribution in [2.75, 3.05) is 6.54 Å². The maximum atomic E-state index is 13.5. The number of ether oxygens (including phenoxy) is 1. The van der Waals surface area contributed by atoms with Crippen LogP contribution in [0.2, 0.25) is 0 Å². The summed E-state index contributed by atoms with van der Waals surface area (Å²) >= 11 is 0. The maximum absolute atomic E-state index is 13.5. The number of hydrogen-bond donors (Lipinski definition) is 2. The van der Waals surface area contributed by atoms with Crippen LogP contribution < -0.4 is 10.6 Å². The van der Waals surface area contributed by atoms with Crippen LogP contribution in [-0.4, -0.2) is 47.0 Å². The molecule has 1 aromatic rings. The summed E-state index contributed by atoms with van der Waals surface area (Å²) in [5.41, 5.74) is 1.27. The van der Waals surface area contributed by atoms with Crippen LogP contribution in [0.4, 0.5) is 4.79 Å². The van der Waals surface area contributed by atoms with Crippen molar-refractivity contribution in [3.63, 3.8) is 0 Å². The van der Waals surface area contributed by atoms with Gasteiger partial charge in [0.1, 0.15) is 18.2 Å². The van der Waals surface area contributed by atoms with E-state index in [1.165, 1.54) is 12.0 Å². The predicted octanol–water partition coefficient (Wildman–Crippen LogP) is 4.50. The highest BCUT2D eigenvalue weighted by atomic mass is 16.6. The number of rotatable bonds is 8. The van der Waals surface area contributed by atoms with Crippen LogP contribution >= 0.6 is 0 Å². The summed E-state index contributed by atoms with van der Waals surface area (Å²) in [6, 6.07) is 6.96. The van der Waals surface area contributed by atoms with Crippen molar-refractivity contribution < 1.29 is 19.1 Å². The van der Waals surface area contributed by atoms with Crippen LogP contribution in [0.5, 0.6) is 0 Å². The molecule has 0 radical (unpaired) electrons. The molecule has 0 heterocycles. The van der Waals surface area contributed by atoms with Gasteiger partial charge in [-0.25, -0.2) is 4.79 Å². The largest absolute Gasteiger partial charge is 0.444 e. The van der Waals surface area contributed by atoms with Crippen molar-refractivity contribution in [3.8, 4) is 0 Å². The molecule has 1 fully saturated rings. The van der Waals surface area contributed by atoms with Crippen LogP contribution in [0.3, 0.4) is 0 Å². The Morgan fingerprint density at radius 2 is 1.67 bits per heavy atom. The fourth-order valence-corrected chi connectivity index (χ4v) is 4.18. The summed E-state index contributed by atoms with van der Waals surface area (Å²) in [6.07, 6.45) is 5.56. The van der Waals surface area contributed by atoms with Crippen molar-refractivity contribution in [2.24, 2.45) is 0 Å². The van der Waals surface area contributed by atoms with Crippen LogP contribution in [-0.2, 0) is 20.7 Å². The second-order valence-corrected chi connectivity index (χ2v) is 10.1. The molecule has 1 atom stereocenters. The lowest BCUT2D eigenvalue weighted by molar-refractivity contribution is -0.142. The molecule has 1 aromatic carbocycles. The highest BCUT2D eigenvalue weighted by Gasteiger charge is 2.34. The highest BCUT2D eigenvalue weighted by Crippen LogP contribution is 2.26. The number of alkyl carbamates (subject to hydrolysis) is 1. The van der Waals surface area contributed by atoms with Crippen molar-refractivity contribution in [1.82, 2.24) is 15.5 Å². The first-order chi connectivity index (χ1) is 15.5. The van der Waals surface area contributed by atoms with Gasteiger partial charge in [0.25, 0.3) is 0 Å². The van der Waals surface area contributed by atoms with Crippen LogP contribution in [0.25, 0.3) is 0 Å². The van der Waals surface area contributed by atoms with E-state index in [2.05, 4.69) is 17.6 Å². The lowest BCUT2D eigenvalue weighted by atomic mass is 9.94. The minimum Gasteiger partial charge on any atom is -0.444 e. The number of nitrogens with zero attached hydrogens (tertiary/aromatic N) is 1. The standard InChI is InChI=1S/C26H41N3O4/c1-7-19-13-15-20(16-14-19)23(24(31)28-21-11-9-8-10-12-21)29(18(2)3)22(30)17-27-25(32)33-26(4,5)6/h13-16,18,21,23H,7-12,17H2,1-6H3,(H,27,32)(H,28,31). The molecule has 1 saturated carbocycles. The first-order valence-corrected chi connectivity index (χ1v) is 12.2. The van der Waals surface area contributed by atoms with E-state index in [4.69, 9.17) is 4.74 Å². The molecule has 2 N–H and O–H groups in total. The fourth-order valence-electron chi connectivity index (χ4n) is 4.18. The monoisotopic (exact) mass is 459 g/mol. The topological polar surface area (TPSA) is 87.7 Å². The molecule has 7 heteroatoms. The second kappa shape index (κ2) is 12.1. The minimum absolute atomic E-state index is 0.132. The van der Waals surface area contributed by atoms with Gasteiger partial charge in [-0.1, -0.05) is 50.5 Å². The van der Waals surface area contributed by atoms with Crippen molar-refractivity contribution >= 4 is 17.9 Å². The van der Waals surface area contributed by atoms with Gasteiger partial charge in [-0.05, 0) is 65.0 Å². The SMILES string of the molecule is CCc1ccc(C(C(=O)NC2CCCCC2)N(C(=O)CNC(=O)OC(C)(C)C)C(C)C)cc1. The smallest absolute Gasteiger partial charge is 0.408 e. The average molecular weight is 460 g/mol. The molecule has 0 aromatic heterocycles. The summed E-state index contributed by atoms with van der Waals surface area (Å²) in [6.45, 7) is 10.9. The number of carbonyl (C=O) groups excluding carboxylic acids is 3. The van der Waals surface area contributed by atoms with Gasteiger partial charge in [-0.15, -0.1) is 0 Å². The number of hydrogen-bond acceptors (Lipinski definition) is 4. The Morgan fingerprint density at radius 3 is 2.18 bits per heavy atom. The predicted molar refractivity (Wildman–Crippen MR) is 130 cm³/mol. The Balaban J connectivity index is 2.26. The molecule has 33 heavy (non-hydrogen) atoms. The van der Waals surface area contributed by atoms with E-state index in [0.717, 1.165) is 37.7 Å². The summed E-state index contributed by atoms with van der Waals surface area (Å²) in [5.74, 6) is -0.510. The highest BCUT2D eigenvalue weighted by molar-refractivity contribution is 5.90. The lowest BCUT2D eigenvalue weighted by Crippen LogP contribution is -2.52. The van der Waals surface area contributed by atoms with E-state index in [1.807, 2.05) is 38.1 Å². The summed E-state index contributed by atoms with van der Waals surface area (Å²) in [4.78, 5) is 40.4. The van der Waals surface area contributed by atoms with Gasteiger partial charge in [0, 0.05) is 12.1 Å². The van der Waals surface area contributed by atoms with E-state index >= 15 is 0 Å². The minimum atomic E-state index is -0.772. The normalized spacial score (nSPS) is 15.6. The van der Waals surface area contributed by atoms with Gasteiger partial charge in [-0.2, -0.15) is 0 Å². The lowest BCUT2D eigenvalue weighted by Gasteiger charge is -2.36. The first-order valence-electron chi connectivity index (χ1n) is 12.2. The molecule has 2 rings (SSSR count). The van der Waals surface area contributed by atoms with Gasteiger partial charge in [0.05, 0.1) is 0 Å². The molecular weight excluding hydrogens is 418 g/mol. The average Bonchev–Trinajstić information content (AvgIpc) is 2.75. The number of carbonyl (C=O) groups is 3. The zero-order valence-electron chi connectivity index (χ0n) is 21.1. The molecule has 3 amide bonds. The third-order valence-electron chi connectivity index (χ3n) is 5.81. The van der Waals surface area contributed by atoms with Crippen LogP contribution in [0.1, 0.15) is 90.8 Å². The van der Waals surface area contributed by atoms with E-state index in [9.17, 15) is 14.4 Å². The summed E-state index contributed by atoms with van der Waals surface area (Å²) in [5, 5.41) is 5.72. The number of nitrogens with one attached hydrogen (secondary N) is 2. The number of aryl methyl sites for hydroxylation is 1. The third-order valence-corrected chi connectivity index (χ3v) is 5.81. The quantitative estimate of drug-likeness (QED) is 0.599. The third kappa shape index (κ3) is 8.37.